The molecule has 1 fully saturated rings. The van der Waals surface area contributed by atoms with Gasteiger partial charge in [0.25, 0.3) is 0 Å². The first-order valence-corrected chi connectivity index (χ1v) is 9.62. The number of rotatable bonds is 5. The van der Waals surface area contributed by atoms with Gasteiger partial charge in [0, 0.05) is 37.8 Å². The molecule has 1 aliphatic rings. The molecule has 1 aromatic heterocycles. The van der Waals surface area contributed by atoms with Crippen molar-refractivity contribution in [3.63, 3.8) is 0 Å². The van der Waals surface area contributed by atoms with E-state index in [1.807, 2.05) is 37.4 Å². The molecule has 5 nitrogen and oxygen atoms in total. The van der Waals surface area contributed by atoms with Crippen LogP contribution in [-0.2, 0) is 17.8 Å². The fraction of sp³-hybridized carbons (Fsp3) is 0.364. The second kappa shape index (κ2) is 7.82. The van der Waals surface area contributed by atoms with Crippen LogP contribution in [0.1, 0.15) is 30.5 Å². The van der Waals surface area contributed by atoms with Gasteiger partial charge in [-0.3, -0.25) is 4.79 Å². The number of carbonyl (C=O) groups is 1. The van der Waals surface area contributed by atoms with Crippen LogP contribution in [0.5, 0.6) is 0 Å². The summed E-state index contributed by atoms with van der Waals surface area (Å²) in [4.78, 5) is 17.0. The number of hydrogen-bond donors (Lipinski definition) is 0. The number of fused-ring (bicyclic) bond motifs is 1. The zero-order valence-corrected chi connectivity index (χ0v) is 15.7. The predicted octanol–water partition coefficient (Wildman–Crippen LogP) is 4.02. The van der Waals surface area contributed by atoms with Crippen LogP contribution >= 0.6 is 0 Å². The summed E-state index contributed by atoms with van der Waals surface area (Å²) in [7, 11) is 1.86. The van der Waals surface area contributed by atoms with Gasteiger partial charge in [-0.1, -0.05) is 35.5 Å². The fourth-order valence-electron chi connectivity index (χ4n) is 3.78. The van der Waals surface area contributed by atoms with Crippen molar-refractivity contribution in [3.8, 4) is 0 Å². The molecule has 0 radical (unpaired) electrons. The first-order valence-electron chi connectivity index (χ1n) is 9.62. The Labute approximate surface area is 159 Å². The third-order valence-electron chi connectivity index (χ3n) is 5.29. The highest BCUT2D eigenvalue weighted by Gasteiger charge is 2.19. The zero-order valence-electron chi connectivity index (χ0n) is 15.7. The van der Waals surface area contributed by atoms with E-state index in [0.29, 0.717) is 12.2 Å². The van der Waals surface area contributed by atoms with Gasteiger partial charge in [-0.25, -0.2) is 0 Å². The Hall–Kier alpha value is -2.82. The van der Waals surface area contributed by atoms with Gasteiger partial charge in [-0.2, -0.15) is 0 Å². The van der Waals surface area contributed by atoms with E-state index in [9.17, 15) is 4.79 Å². The molecule has 4 rings (SSSR count). The lowest BCUT2D eigenvalue weighted by molar-refractivity contribution is -0.129. The van der Waals surface area contributed by atoms with Crippen LogP contribution in [-0.4, -0.2) is 36.1 Å². The largest absolute Gasteiger partial charge is 0.371 e. The maximum Gasteiger partial charge on any atom is 0.228 e. The number of anilines is 1. The van der Waals surface area contributed by atoms with Crippen molar-refractivity contribution in [3.05, 3.63) is 59.8 Å². The lowest BCUT2D eigenvalue weighted by Crippen LogP contribution is -2.32. The van der Waals surface area contributed by atoms with Crippen LogP contribution in [0.15, 0.2) is 53.1 Å². The molecule has 0 bridgehead atoms. The summed E-state index contributed by atoms with van der Waals surface area (Å²) in [6, 6.07) is 16.1. The SMILES string of the molecule is CN(Cc1ccccc1N1CCCCC1)C(=O)Cc1noc2ccccc12. The van der Waals surface area contributed by atoms with E-state index < -0.39 is 0 Å². The molecule has 0 spiro atoms. The second-order valence-electron chi connectivity index (χ2n) is 7.23. The molecule has 1 amide bonds. The van der Waals surface area contributed by atoms with Crippen LogP contribution in [0.25, 0.3) is 11.0 Å². The molecule has 2 heterocycles. The Bertz CT molecular complexity index is 928. The van der Waals surface area contributed by atoms with Crippen LogP contribution in [0, 0.1) is 0 Å². The van der Waals surface area contributed by atoms with Crippen molar-refractivity contribution >= 4 is 22.6 Å². The summed E-state index contributed by atoms with van der Waals surface area (Å²) in [6.07, 6.45) is 4.03. The van der Waals surface area contributed by atoms with E-state index in [4.69, 9.17) is 4.52 Å². The maximum atomic E-state index is 12.8. The van der Waals surface area contributed by atoms with Crippen molar-refractivity contribution in [1.82, 2.24) is 10.1 Å². The molecule has 0 N–H and O–H groups in total. The van der Waals surface area contributed by atoms with E-state index in [-0.39, 0.29) is 12.3 Å². The van der Waals surface area contributed by atoms with Crippen LogP contribution in [0.4, 0.5) is 5.69 Å². The molecule has 3 aromatic rings. The normalized spacial score (nSPS) is 14.5. The van der Waals surface area contributed by atoms with Gasteiger partial charge in [0.1, 0.15) is 5.69 Å². The zero-order chi connectivity index (χ0) is 18.6. The molecule has 0 atom stereocenters. The van der Waals surface area contributed by atoms with Gasteiger partial charge < -0.3 is 14.3 Å². The van der Waals surface area contributed by atoms with Crippen molar-refractivity contribution in [1.29, 1.82) is 0 Å². The van der Waals surface area contributed by atoms with Crippen LogP contribution in [0.3, 0.4) is 0 Å². The number of nitrogens with zero attached hydrogens (tertiary/aromatic N) is 3. The highest BCUT2D eigenvalue weighted by Crippen LogP contribution is 2.25. The van der Waals surface area contributed by atoms with E-state index in [1.165, 1.54) is 30.5 Å². The van der Waals surface area contributed by atoms with Gasteiger partial charge in [0.05, 0.1) is 6.42 Å². The van der Waals surface area contributed by atoms with Crippen molar-refractivity contribution in [2.75, 3.05) is 25.0 Å². The summed E-state index contributed by atoms with van der Waals surface area (Å²) in [5.41, 5.74) is 3.87. The second-order valence-corrected chi connectivity index (χ2v) is 7.23. The molecule has 1 saturated heterocycles. The summed E-state index contributed by atoms with van der Waals surface area (Å²) >= 11 is 0. The number of piperidine rings is 1. The van der Waals surface area contributed by atoms with Crippen LogP contribution in [0.2, 0.25) is 0 Å². The Morgan fingerprint density at radius 1 is 1.07 bits per heavy atom. The quantitative estimate of drug-likeness (QED) is 0.687. The average Bonchev–Trinajstić information content (AvgIpc) is 3.12. The Kier molecular flexibility index (Phi) is 5.10. The Balaban J connectivity index is 1.47. The van der Waals surface area contributed by atoms with E-state index >= 15 is 0 Å². The number of carbonyl (C=O) groups excluding carboxylic acids is 1. The molecule has 27 heavy (non-hydrogen) atoms. The lowest BCUT2D eigenvalue weighted by atomic mass is 10.1. The summed E-state index contributed by atoms with van der Waals surface area (Å²) in [5, 5.41) is 5.00. The molecule has 1 aliphatic heterocycles. The van der Waals surface area contributed by atoms with Crippen molar-refractivity contribution < 1.29 is 9.32 Å². The highest BCUT2D eigenvalue weighted by molar-refractivity contribution is 5.86. The third-order valence-corrected chi connectivity index (χ3v) is 5.29. The number of hydrogen-bond acceptors (Lipinski definition) is 4. The van der Waals surface area contributed by atoms with Crippen molar-refractivity contribution in [2.45, 2.75) is 32.2 Å². The molecule has 0 unspecified atom stereocenters. The first-order chi connectivity index (χ1) is 13.2. The molecule has 0 aliphatic carbocycles. The smallest absolute Gasteiger partial charge is 0.228 e. The van der Waals surface area contributed by atoms with E-state index in [2.05, 4.69) is 28.3 Å². The molecule has 5 heteroatoms. The third kappa shape index (κ3) is 3.82. The van der Waals surface area contributed by atoms with Gasteiger partial charge in [-0.05, 0) is 43.0 Å². The maximum absolute atomic E-state index is 12.8. The molecule has 2 aromatic carbocycles. The van der Waals surface area contributed by atoms with Crippen molar-refractivity contribution in [2.24, 2.45) is 0 Å². The van der Waals surface area contributed by atoms with Gasteiger partial charge in [0.2, 0.25) is 5.91 Å². The number of benzene rings is 2. The molecule has 0 saturated carbocycles. The van der Waals surface area contributed by atoms with Gasteiger partial charge in [0.15, 0.2) is 5.58 Å². The molecule has 140 valence electrons. The topological polar surface area (TPSA) is 49.6 Å². The standard InChI is InChI=1S/C22H25N3O2/c1-24(22(26)15-19-18-10-4-6-12-21(18)27-23-19)16-17-9-3-5-11-20(17)25-13-7-2-8-14-25/h3-6,9-12H,2,7-8,13-16H2,1H3. The number of para-hydroxylation sites is 2. The average molecular weight is 363 g/mol. The molecular weight excluding hydrogens is 338 g/mol. The minimum Gasteiger partial charge on any atom is -0.371 e. The number of aromatic nitrogens is 1. The lowest BCUT2D eigenvalue weighted by Gasteiger charge is -2.31. The van der Waals surface area contributed by atoms with Crippen LogP contribution < -0.4 is 4.90 Å². The minimum atomic E-state index is 0.0440. The van der Waals surface area contributed by atoms with Gasteiger partial charge in [-0.15, -0.1) is 0 Å². The number of likely N-dealkylation sites (N-methyl/N-ethyl adjacent to an activating group) is 1. The Morgan fingerprint density at radius 3 is 2.67 bits per heavy atom. The monoisotopic (exact) mass is 363 g/mol. The molecular formula is C22H25N3O2. The fourth-order valence-corrected chi connectivity index (χ4v) is 3.78. The van der Waals surface area contributed by atoms with E-state index in [0.717, 1.165) is 24.1 Å². The number of amides is 1. The summed E-state index contributed by atoms with van der Waals surface area (Å²) < 4.78 is 5.32. The minimum absolute atomic E-state index is 0.0440. The van der Waals surface area contributed by atoms with Gasteiger partial charge >= 0.3 is 0 Å². The summed E-state index contributed by atoms with van der Waals surface area (Å²) in [5.74, 6) is 0.0440. The Morgan fingerprint density at radius 2 is 1.81 bits per heavy atom. The van der Waals surface area contributed by atoms with E-state index in [1.54, 1.807) is 4.90 Å². The highest BCUT2D eigenvalue weighted by atomic mass is 16.5. The predicted molar refractivity (Wildman–Crippen MR) is 107 cm³/mol. The first kappa shape index (κ1) is 17.6. The summed E-state index contributed by atoms with van der Waals surface area (Å²) in [6.45, 7) is 2.79.